The fourth-order valence-corrected chi connectivity index (χ4v) is 3.30. The van der Waals surface area contributed by atoms with Gasteiger partial charge in [-0.25, -0.2) is 4.79 Å². The highest BCUT2D eigenvalue weighted by molar-refractivity contribution is 6.01. The summed E-state index contributed by atoms with van der Waals surface area (Å²) in [5.74, 6) is 0.328. The molecule has 0 aliphatic carbocycles. The summed E-state index contributed by atoms with van der Waals surface area (Å²) in [5.41, 5.74) is 3.66. The minimum Gasteiger partial charge on any atom is -0.449 e. The molecule has 0 amide bonds. The van der Waals surface area contributed by atoms with Crippen LogP contribution in [0.25, 0.3) is 33.0 Å². The standard InChI is InChI=1S/C23H16O3/c24-23(25)26-21-15-7-14-20(22(21)17-9-2-1-3-10-17)19-13-6-11-16-8-4-5-12-18(16)19/h1-15H,(H,24,25). The molecule has 3 heteroatoms. The minimum atomic E-state index is -1.32. The molecule has 0 aromatic heterocycles. The lowest BCUT2D eigenvalue weighted by molar-refractivity contribution is 0.144. The predicted octanol–water partition coefficient (Wildman–Crippen LogP) is 6.23. The van der Waals surface area contributed by atoms with Crippen molar-refractivity contribution in [1.29, 1.82) is 0 Å². The molecular weight excluding hydrogens is 324 g/mol. The van der Waals surface area contributed by atoms with Crippen molar-refractivity contribution in [3.05, 3.63) is 91.0 Å². The van der Waals surface area contributed by atoms with Crippen molar-refractivity contribution in [3.63, 3.8) is 0 Å². The SMILES string of the molecule is O=C(O)Oc1cccc(-c2cccc3ccccc23)c1-c1ccccc1. The Bertz CT molecular complexity index is 1080. The van der Waals surface area contributed by atoms with Crippen molar-refractivity contribution in [2.24, 2.45) is 0 Å². The monoisotopic (exact) mass is 340 g/mol. The zero-order chi connectivity index (χ0) is 17.9. The molecule has 0 spiro atoms. The molecular formula is C23H16O3. The van der Waals surface area contributed by atoms with Crippen LogP contribution in [0.3, 0.4) is 0 Å². The van der Waals surface area contributed by atoms with E-state index in [1.165, 1.54) is 0 Å². The smallest absolute Gasteiger partial charge is 0.449 e. The van der Waals surface area contributed by atoms with Gasteiger partial charge in [-0.3, -0.25) is 0 Å². The normalized spacial score (nSPS) is 10.6. The van der Waals surface area contributed by atoms with E-state index in [0.29, 0.717) is 5.75 Å². The number of hydrogen-bond acceptors (Lipinski definition) is 2. The summed E-state index contributed by atoms with van der Waals surface area (Å²) in [5, 5.41) is 11.4. The Morgan fingerprint density at radius 1 is 0.692 bits per heavy atom. The van der Waals surface area contributed by atoms with Crippen LogP contribution >= 0.6 is 0 Å². The van der Waals surface area contributed by atoms with Gasteiger partial charge in [0, 0.05) is 5.56 Å². The lowest BCUT2D eigenvalue weighted by atomic mass is 9.91. The Kier molecular flexibility index (Phi) is 4.12. The second-order valence-corrected chi connectivity index (χ2v) is 5.94. The third-order valence-corrected chi connectivity index (χ3v) is 4.37. The molecule has 0 saturated heterocycles. The number of ether oxygens (including phenoxy) is 1. The van der Waals surface area contributed by atoms with Crippen LogP contribution in [0.1, 0.15) is 0 Å². The average Bonchev–Trinajstić information content (AvgIpc) is 2.67. The Morgan fingerprint density at radius 2 is 1.35 bits per heavy atom. The van der Waals surface area contributed by atoms with E-state index in [1.807, 2.05) is 60.7 Å². The van der Waals surface area contributed by atoms with E-state index in [1.54, 1.807) is 6.07 Å². The van der Waals surface area contributed by atoms with Crippen LogP contribution in [-0.2, 0) is 0 Å². The molecule has 0 heterocycles. The summed E-state index contributed by atoms with van der Waals surface area (Å²) < 4.78 is 5.09. The van der Waals surface area contributed by atoms with Gasteiger partial charge >= 0.3 is 6.16 Å². The maximum Gasteiger partial charge on any atom is 0.511 e. The van der Waals surface area contributed by atoms with Crippen molar-refractivity contribution in [2.75, 3.05) is 0 Å². The third kappa shape index (κ3) is 2.91. The molecule has 0 saturated carbocycles. The Balaban J connectivity index is 2.04. The number of benzene rings is 4. The van der Waals surface area contributed by atoms with E-state index < -0.39 is 6.16 Å². The second kappa shape index (κ2) is 6.73. The molecule has 0 bridgehead atoms. The van der Waals surface area contributed by atoms with Crippen LogP contribution in [0, 0.1) is 0 Å². The topological polar surface area (TPSA) is 46.5 Å². The maximum atomic E-state index is 11.2. The van der Waals surface area contributed by atoms with Crippen LogP contribution in [0.4, 0.5) is 4.79 Å². The molecule has 4 aromatic rings. The van der Waals surface area contributed by atoms with Gasteiger partial charge in [0.25, 0.3) is 0 Å². The van der Waals surface area contributed by atoms with Crippen molar-refractivity contribution in [3.8, 4) is 28.0 Å². The number of rotatable bonds is 3. The van der Waals surface area contributed by atoms with E-state index in [4.69, 9.17) is 9.84 Å². The molecule has 4 aromatic carbocycles. The molecule has 26 heavy (non-hydrogen) atoms. The summed E-state index contributed by atoms with van der Waals surface area (Å²) in [6.45, 7) is 0. The summed E-state index contributed by atoms with van der Waals surface area (Å²) in [7, 11) is 0. The summed E-state index contributed by atoms with van der Waals surface area (Å²) >= 11 is 0. The summed E-state index contributed by atoms with van der Waals surface area (Å²) in [4.78, 5) is 11.2. The lowest BCUT2D eigenvalue weighted by Gasteiger charge is -2.16. The second-order valence-electron chi connectivity index (χ2n) is 5.94. The first kappa shape index (κ1) is 15.9. The maximum absolute atomic E-state index is 11.2. The van der Waals surface area contributed by atoms with Gasteiger partial charge in [-0.05, 0) is 33.5 Å². The first-order valence-electron chi connectivity index (χ1n) is 8.31. The number of carboxylic acid groups (broad SMARTS) is 1. The molecule has 126 valence electrons. The fraction of sp³-hybridized carbons (Fsp3) is 0. The highest BCUT2D eigenvalue weighted by Crippen LogP contribution is 2.41. The van der Waals surface area contributed by atoms with E-state index in [9.17, 15) is 4.79 Å². The van der Waals surface area contributed by atoms with Gasteiger partial charge in [-0.15, -0.1) is 0 Å². The molecule has 0 aliphatic rings. The average molecular weight is 340 g/mol. The summed E-state index contributed by atoms with van der Waals surface area (Å²) in [6, 6.07) is 29.5. The van der Waals surface area contributed by atoms with E-state index in [0.717, 1.165) is 33.0 Å². The van der Waals surface area contributed by atoms with Gasteiger partial charge in [-0.2, -0.15) is 0 Å². The number of fused-ring (bicyclic) bond motifs is 1. The lowest BCUT2D eigenvalue weighted by Crippen LogP contribution is -2.04. The molecule has 0 atom stereocenters. The summed E-state index contributed by atoms with van der Waals surface area (Å²) in [6.07, 6.45) is -1.32. The highest BCUT2D eigenvalue weighted by Gasteiger charge is 2.16. The Hall–Kier alpha value is -3.59. The Morgan fingerprint density at radius 3 is 2.15 bits per heavy atom. The van der Waals surface area contributed by atoms with E-state index in [-0.39, 0.29) is 0 Å². The number of carbonyl (C=O) groups is 1. The molecule has 3 nitrogen and oxygen atoms in total. The van der Waals surface area contributed by atoms with Crippen molar-refractivity contribution in [2.45, 2.75) is 0 Å². The van der Waals surface area contributed by atoms with Gasteiger partial charge in [0.15, 0.2) is 0 Å². The van der Waals surface area contributed by atoms with Crippen molar-refractivity contribution >= 4 is 16.9 Å². The van der Waals surface area contributed by atoms with Gasteiger partial charge in [0.05, 0.1) is 0 Å². The van der Waals surface area contributed by atoms with E-state index in [2.05, 4.69) is 24.3 Å². The molecule has 0 unspecified atom stereocenters. The number of hydrogen-bond donors (Lipinski definition) is 1. The first-order chi connectivity index (χ1) is 12.7. The first-order valence-corrected chi connectivity index (χ1v) is 8.31. The van der Waals surface area contributed by atoms with Crippen LogP contribution in [0.2, 0.25) is 0 Å². The predicted molar refractivity (Wildman–Crippen MR) is 103 cm³/mol. The minimum absolute atomic E-state index is 0.328. The van der Waals surface area contributed by atoms with Gasteiger partial charge < -0.3 is 9.84 Å². The quantitative estimate of drug-likeness (QED) is 0.355. The third-order valence-electron chi connectivity index (χ3n) is 4.37. The fourth-order valence-electron chi connectivity index (χ4n) is 3.30. The van der Waals surface area contributed by atoms with Gasteiger partial charge in [0.1, 0.15) is 5.75 Å². The van der Waals surface area contributed by atoms with E-state index >= 15 is 0 Å². The van der Waals surface area contributed by atoms with Crippen LogP contribution in [0.5, 0.6) is 5.75 Å². The molecule has 0 aliphatic heterocycles. The van der Waals surface area contributed by atoms with Gasteiger partial charge in [0.2, 0.25) is 0 Å². The van der Waals surface area contributed by atoms with Crippen molar-refractivity contribution in [1.82, 2.24) is 0 Å². The zero-order valence-electron chi connectivity index (χ0n) is 13.9. The molecule has 0 fully saturated rings. The molecule has 0 radical (unpaired) electrons. The molecule has 4 rings (SSSR count). The Labute approximate surface area is 151 Å². The molecule has 1 N–H and O–H groups in total. The zero-order valence-corrected chi connectivity index (χ0v) is 13.9. The van der Waals surface area contributed by atoms with Crippen molar-refractivity contribution < 1.29 is 14.6 Å². The van der Waals surface area contributed by atoms with Crippen LogP contribution < -0.4 is 4.74 Å². The van der Waals surface area contributed by atoms with Crippen LogP contribution in [0.15, 0.2) is 91.0 Å². The highest BCUT2D eigenvalue weighted by atomic mass is 16.7. The van der Waals surface area contributed by atoms with Gasteiger partial charge in [-0.1, -0.05) is 84.9 Å². The van der Waals surface area contributed by atoms with Crippen LogP contribution in [-0.4, -0.2) is 11.3 Å². The largest absolute Gasteiger partial charge is 0.511 e.